The lowest BCUT2D eigenvalue weighted by molar-refractivity contribution is -0.145. The molecule has 31 heavy (non-hydrogen) atoms. The molecule has 1 aromatic rings. The molecule has 2 aliphatic rings. The average Bonchev–Trinajstić information content (AvgIpc) is 3.27. The van der Waals surface area contributed by atoms with Crippen LogP contribution in [0.3, 0.4) is 0 Å². The zero-order valence-corrected chi connectivity index (χ0v) is 19.4. The summed E-state index contributed by atoms with van der Waals surface area (Å²) < 4.78 is 33.0. The van der Waals surface area contributed by atoms with Crippen molar-refractivity contribution in [3.63, 3.8) is 0 Å². The van der Waals surface area contributed by atoms with Crippen molar-refractivity contribution in [1.82, 2.24) is 14.5 Å². The van der Waals surface area contributed by atoms with Gasteiger partial charge in [0.2, 0.25) is 15.9 Å². The van der Waals surface area contributed by atoms with Gasteiger partial charge in [-0.2, -0.15) is 0 Å². The van der Waals surface area contributed by atoms with E-state index in [-0.39, 0.29) is 41.2 Å². The van der Waals surface area contributed by atoms with Crippen LogP contribution in [0.4, 0.5) is 0 Å². The van der Waals surface area contributed by atoms with Crippen LogP contribution in [0.25, 0.3) is 0 Å². The summed E-state index contributed by atoms with van der Waals surface area (Å²) in [6.07, 6.45) is 1.41. The highest BCUT2D eigenvalue weighted by atomic mass is 32.2. The third-order valence-electron chi connectivity index (χ3n) is 5.81. The smallest absolute Gasteiger partial charge is 0.251 e. The van der Waals surface area contributed by atoms with Crippen molar-refractivity contribution < 1.29 is 22.7 Å². The third-order valence-corrected chi connectivity index (χ3v) is 7.29. The van der Waals surface area contributed by atoms with Gasteiger partial charge in [0, 0.05) is 45.8 Å². The van der Waals surface area contributed by atoms with Gasteiger partial charge in [-0.1, -0.05) is 32.9 Å². The first kappa shape index (κ1) is 23.7. The highest BCUT2D eigenvalue weighted by molar-refractivity contribution is 7.89. The fraction of sp³-hybridized carbons (Fsp3) is 0.636. The van der Waals surface area contributed by atoms with Gasteiger partial charge in [0.25, 0.3) is 5.91 Å². The molecule has 172 valence electrons. The number of nitrogens with zero attached hydrogens (tertiary/aromatic N) is 2. The van der Waals surface area contributed by atoms with Crippen LogP contribution in [-0.4, -0.2) is 75.5 Å². The summed E-state index contributed by atoms with van der Waals surface area (Å²) in [5.41, 5.74) is 1.000. The maximum atomic E-state index is 12.5. The van der Waals surface area contributed by atoms with E-state index in [4.69, 9.17) is 4.74 Å². The number of carbonyl (C=O) groups excluding carboxylic acids is 2. The Morgan fingerprint density at radius 1 is 1.06 bits per heavy atom. The Labute approximate surface area is 185 Å². The molecule has 0 aliphatic carbocycles. The van der Waals surface area contributed by atoms with E-state index in [0.29, 0.717) is 32.8 Å². The Hall–Kier alpha value is -1.97. The highest BCUT2D eigenvalue weighted by Crippen LogP contribution is 2.23. The minimum atomic E-state index is -3.67. The zero-order valence-electron chi connectivity index (χ0n) is 18.6. The Kier molecular flexibility index (Phi) is 7.39. The standard InChI is InChI=1S/C22H33N3O5S/c1-22(2,3)17-6-8-18(9-7-17)31(28,29)23-11-10-20(26)24-12-14-25(15-13-24)21(27)19-5-4-16-30-19/h6-9,19,23H,4-5,10-16H2,1-3H3. The molecule has 0 spiro atoms. The van der Waals surface area contributed by atoms with Crippen molar-refractivity contribution in [2.24, 2.45) is 0 Å². The molecule has 0 radical (unpaired) electrons. The minimum absolute atomic E-state index is 0.00911. The summed E-state index contributed by atoms with van der Waals surface area (Å²) in [6.45, 7) is 8.75. The second kappa shape index (κ2) is 9.67. The van der Waals surface area contributed by atoms with Crippen molar-refractivity contribution in [3.05, 3.63) is 29.8 Å². The van der Waals surface area contributed by atoms with Crippen LogP contribution < -0.4 is 4.72 Å². The molecule has 2 saturated heterocycles. The number of ether oxygens (including phenoxy) is 1. The maximum Gasteiger partial charge on any atom is 0.251 e. The normalized spacial score (nSPS) is 20.2. The van der Waals surface area contributed by atoms with Crippen LogP contribution in [0.15, 0.2) is 29.2 Å². The predicted molar refractivity (Wildman–Crippen MR) is 117 cm³/mol. The number of sulfonamides is 1. The van der Waals surface area contributed by atoms with Gasteiger partial charge in [-0.15, -0.1) is 0 Å². The lowest BCUT2D eigenvalue weighted by Gasteiger charge is -2.35. The first-order valence-corrected chi connectivity index (χ1v) is 12.3. The molecule has 2 amide bonds. The zero-order chi connectivity index (χ0) is 22.6. The largest absolute Gasteiger partial charge is 0.368 e. The second-order valence-electron chi connectivity index (χ2n) is 9.13. The van der Waals surface area contributed by atoms with E-state index >= 15 is 0 Å². The van der Waals surface area contributed by atoms with Gasteiger partial charge in [-0.05, 0) is 36.0 Å². The van der Waals surface area contributed by atoms with E-state index in [2.05, 4.69) is 25.5 Å². The van der Waals surface area contributed by atoms with Gasteiger partial charge in [0.05, 0.1) is 4.90 Å². The average molecular weight is 452 g/mol. The molecule has 0 bridgehead atoms. The van der Waals surface area contributed by atoms with Gasteiger partial charge >= 0.3 is 0 Å². The number of nitrogens with one attached hydrogen (secondary N) is 1. The number of rotatable bonds is 6. The van der Waals surface area contributed by atoms with E-state index in [1.165, 1.54) is 0 Å². The number of amides is 2. The maximum absolute atomic E-state index is 12.5. The summed E-state index contributed by atoms with van der Waals surface area (Å²) in [6, 6.07) is 6.82. The molecule has 1 N–H and O–H groups in total. The molecule has 2 aliphatic heterocycles. The lowest BCUT2D eigenvalue weighted by Crippen LogP contribution is -2.53. The van der Waals surface area contributed by atoms with E-state index in [1.54, 1.807) is 21.9 Å². The fourth-order valence-corrected chi connectivity index (χ4v) is 4.85. The molecule has 1 aromatic carbocycles. The summed E-state index contributed by atoms with van der Waals surface area (Å²) in [7, 11) is -3.67. The molecular weight excluding hydrogens is 418 g/mol. The number of benzene rings is 1. The Morgan fingerprint density at radius 3 is 2.23 bits per heavy atom. The molecule has 3 rings (SSSR count). The number of hydrogen-bond donors (Lipinski definition) is 1. The molecular formula is C22H33N3O5S. The predicted octanol–water partition coefficient (Wildman–Crippen LogP) is 1.50. The van der Waals surface area contributed by atoms with Crippen molar-refractivity contribution in [2.75, 3.05) is 39.3 Å². The lowest BCUT2D eigenvalue weighted by atomic mass is 9.87. The van der Waals surface area contributed by atoms with Gasteiger partial charge < -0.3 is 14.5 Å². The van der Waals surface area contributed by atoms with Crippen LogP contribution in [0.5, 0.6) is 0 Å². The Balaban J connectivity index is 1.44. The molecule has 2 fully saturated rings. The summed E-state index contributed by atoms with van der Waals surface area (Å²) in [5, 5.41) is 0. The van der Waals surface area contributed by atoms with Gasteiger partial charge in [-0.25, -0.2) is 13.1 Å². The van der Waals surface area contributed by atoms with Crippen molar-refractivity contribution in [1.29, 1.82) is 0 Å². The van der Waals surface area contributed by atoms with Crippen LogP contribution in [0.1, 0.15) is 45.6 Å². The first-order valence-electron chi connectivity index (χ1n) is 10.9. The molecule has 0 aromatic heterocycles. The minimum Gasteiger partial charge on any atom is -0.368 e. The van der Waals surface area contributed by atoms with E-state index in [1.807, 2.05) is 12.1 Å². The SMILES string of the molecule is CC(C)(C)c1ccc(S(=O)(=O)NCCC(=O)N2CCN(C(=O)C3CCCO3)CC2)cc1. The molecule has 0 saturated carbocycles. The highest BCUT2D eigenvalue weighted by Gasteiger charge is 2.31. The second-order valence-corrected chi connectivity index (χ2v) is 10.9. The Morgan fingerprint density at radius 2 is 1.68 bits per heavy atom. The van der Waals surface area contributed by atoms with E-state index in [9.17, 15) is 18.0 Å². The first-order chi connectivity index (χ1) is 14.6. The van der Waals surface area contributed by atoms with Gasteiger partial charge in [0.15, 0.2) is 0 Å². The monoisotopic (exact) mass is 451 g/mol. The summed E-state index contributed by atoms with van der Waals surface area (Å²) >= 11 is 0. The van der Waals surface area contributed by atoms with Gasteiger partial charge in [-0.3, -0.25) is 9.59 Å². The number of carbonyl (C=O) groups is 2. The Bertz CT molecular complexity index is 879. The summed E-state index contributed by atoms with van der Waals surface area (Å²) in [5.74, 6) is -0.107. The van der Waals surface area contributed by atoms with Crippen molar-refractivity contribution in [2.45, 2.75) is 56.4 Å². The van der Waals surface area contributed by atoms with Crippen LogP contribution in [0, 0.1) is 0 Å². The van der Waals surface area contributed by atoms with Gasteiger partial charge in [0.1, 0.15) is 6.10 Å². The molecule has 1 atom stereocenters. The molecule has 8 nitrogen and oxygen atoms in total. The quantitative estimate of drug-likeness (QED) is 0.707. The van der Waals surface area contributed by atoms with Crippen molar-refractivity contribution in [3.8, 4) is 0 Å². The van der Waals surface area contributed by atoms with Crippen LogP contribution in [0.2, 0.25) is 0 Å². The topological polar surface area (TPSA) is 96.0 Å². The van der Waals surface area contributed by atoms with Crippen LogP contribution in [-0.2, 0) is 29.8 Å². The fourth-order valence-electron chi connectivity index (χ4n) is 3.82. The number of hydrogen-bond acceptors (Lipinski definition) is 5. The van der Waals surface area contributed by atoms with Crippen molar-refractivity contribution >= 4 is 21.8 Å². The molecule has 1 unspecified atom stereocenters. The van der Waals surface area contributed by atoms with Crippen LogP contribution >= 0.6 is 0 Å². The summed E-state index contributed by atoms with van der Waals surface area (Å²) in [4.78, 5) is 28.5. The van der Waals surface area contributed by atoms with E-state index in [0.717, 1.165) is 18.4 Å². The third kappa shape index (κ3) is 6.05. The number of piperazine rings is 1. The molecule has 2 heterocycles. The van der Waals surface area contributed by atoms with E-state index < -0.39 is 10.0 Å². The molecule has 9 heteroatoms.